The first-order valence-corrected chi connectivity index (χ1v) is 6.91. The Bertz CT molecular complexity index is 805. The maximum absolute atomic E-state index is 11.9. The molecule has 0 saturated carbocycles. The van der Waals surface area contributed by atoms with Gasteiger partial charge in [0.05, 0.1) is 12.1 Å². The summed E-state index contributed by atoms with van der Waals surface area (Å²) in [6.07, 6.45) is 1.75. The molecular weight excluding hydrogens is 264 g/mol. The van der Waals surface area contributed by atoms with E-state index < -0.39 is 0 Å². The van der Waals surface area contributed by atoms with E-state index in [0.717, 1.165) is 27.7 Å². The minimum atomic E-state index is -0.334. The van der Waals surface area contributed by atoms with Crippen LogP contribution in [0.15, 0.2) is 42.6 Å². The van der Waals surface area contributed by atoms with E-state index in [2.05, 4.69) is 9.97 Å². The van der Waals surface area contributed by atoms with E-state index in [4.69, 9.17) is 4.74 Å². The second kappa shape index (κ2) is 5.40. The summed E-state index contributed by atoms with van der Waals surface area (Å²) in [5.74, 6) is -0.334. The first kappa shape index (κ1) is 13.4. The van der Waals surface area contributed by atoms with Gasteiger partial charge in [0.2, 0.25) is 0 Å². The molecular formula is C17H16N2O2. The lowest BCUT2D eigenvalue weighted by atomic mass is 10.0. The fourth-order valence-electron chi connectivity index (χ4n) is 2.38. The van der Waals surface area contributed by atoms with Gasteiger partial charge in [-0.05, 0) is 43.7 Å². The van der Waals surface area contributed by atoms with Crippen LogP contribution in [0.2, 0.25) is 0 Å². The summed E-state index contributed by atoms with van der Waals surface area (Å²) in [6.45, 7) is 4.13. The van der Waals surface area contributed by atoms with E-state index in [0.29, 0.717) is 12.3 Å². The van der Waals surface area contributed by atoms with Crippen molar-refractivity contribution in [2.45, 2.75) is 13.8 Å². The molecule has 106 valence electrons. The van der Waals surface area contributed by atoms with Crippen LogP contribution in [0.3, 0.4) is 0 Å². The van der Waals surface area contributed by atoms with Crippen molar-refractivity contribution in [3.63, 3.8) is 0 Å². The van der Waals surface area contributed by atoms with Gasteiger partial charge >= 0.3 is 5.97 Å². The third kappa shape index (κ3) is 2.52. The average molecular weight is 280 g/mol. The van der Waals surface area contributed by atoms with Crippen LogP contribution in [-0.4, -0.2) is 22.5 Å². The summed E-state index contributed by atoms with van der Waals surface area (Å²) >= 11 is 0. The van der Waals surface area contributed by atoms with Gasteiger partial charge in [0, 0.05) is 22.8 Å². The highest BCUT2D eigenvalue weighted by Gasteiger charge is 2.15. The number of H-pyrrole nitrogens is 1. The van der Waals surface area contributed by atoms with Crippen molar-refractivity contribution in [1.82, 2.24) is 9.97 Å². The number of nitrogens with zero attached hydrogens (tertiary/aromatic N) is 1. The van der Waals surface area contributed by atoms with Crippen LogP contribution in [-0.2, 0) is 4.74 Å². The molecule has 0 aliphatic carbocycles. The third-order valence-electron chi connectivity index (χ3n) is 3.37. The number of aromatic nitrogens is 2. The molecule has 0 amide bonds. The monoisotopic (exact) mass is 280 g/mol. The molecule has 0 aliphatic heterocycles. The minimum Gasteiger partial charge on any atom is -0.461 e. The zero-order valence-corrected chi connectivity index (χ0v) is 12.0. The summed E-state index contributed by atoms with van der Waals surface area (Å²) < 4.78 is 5.07. The van der Waals surface area contributed by atoms with Gasteiger partial charge in [0.1, 0.15) is 5.69 Å². The maximum Gasteiger partial charge on any atom is 0.355 e. The second-order valence-corrected chi connectivity index (χ2v) is 4.85. The van der Waals surface area contributed by atoms with Gasteiger partial charge in [-0.15, -0.1) is 0 Å². The summed E-state index contributed by atoms with van der Waals surface area (Å²) in [5.41, 5.74) is 4.24. The number of fused-ring (bicyclic) bond motifs is 1. The van der Waals surface area contributed by atoms with E-state index >= 15 is 0 Å². The number of esters is 1. The number of aromatic amines is 1. The summed E-state index contributed by atoms with van der Waals surface area (Å²) in [5, 5.41) is 1.05. The van der Waals surface area contributed by atoms with E-state index in [1.165, 1.54) is 0 Å². The number of nitrogens with one attached hydrogen (secondary N) is 1. The predicted octanol–water partition coefficient (Wildman–Crippen LogP) is 3.72. The Morgan fingerprint density at radius 2 is 2.10 bits per heavy atom. The van der Waals surface area contributed by atoms with Crippen LogP contribution in [0.25, 0.3) is 22.0 Å². The Morgan fingerprint density at radius 3 is 2.90 bits per heavy atom. The number of rotatable bonds is 3. The van der Waals surface area contributed by atoms with Crippen molar-refractivity contribution < 1.29 is 9.53 Å². The first-order valence-electron chi connectivity index (χ1n) is 6.91. The van der Waals surface area contributed by atoms with Crippen LogP contribution < -0.4 is 0 Å². The molecule has 1 aromatic carbocycles. The standard InChI is InChI=1S/C17H16N2O2/c1-3-21-17(20)16-14(8-9-18-16)12-6-7-15-13(10-12)5-4-11(2)19-15/h4-10,18H,3H2,1-2H3. The molecule has 4 nitrogen and oxygen atoms in total. The topological polar surface area (TPSA) is 55.0 Å². The normalized spacial score (nSPS) is 10.8. The molecule has 0 radical (unpaired) electrons. The van der Waals surface area contributed by atoms with Crippen molar-refractivity contribution in [1.29, 1.82) is 0 Å². The summed E-state index contributed by atoms with van der Waals surface area (Å²) in [4.78, 5) is 19.4. The van der Waals surface area contributed by atoms with E-state index in [1.807, 2.05) is 43.3 Å². The highest BCUT2D eigenvalue weighted by Crippen LogP contribution is 2.27. The quantitative estimate of drug-likeness (QED) is 0.744. The molecule has 0 fully saturated rings. The van der Waals surface area contributed by atoms with Gasteiger partial charge in [-0.25, -0.2) is 4.79 Å². The van der Waals surface area contributed by atoms with E-state index in [9.17, 15) is 4.79 Å². The Balaban J connectivity index is 2.07. The second-order valence-electron chi connectivity index (χ2n) is 4.85. The number of benzene rings is 1. The molecule has 0 aliphatic rings. The molecule has 0 saturated heterocycles. The third-order valence-corrected chi connectivity index (χ3v) is 3.37. The molecule has 3 rings (SSSR count). The minimum absolute atomic E-state index is 0.334. The van der Waals surface area contributed by atoms with Crippen molar-refractivity contribution in [2.24, 2.45) is 0 Å². The summed E-state index contributed by atoms with van der Waals surface area (Å²) in [7, 11) is 0. The number of carbonyl (C=O) groups excluding carboxylic acids is 1. The fourth-order valence-corrected chi connectivity index (χ4v) is 2.38. The Morgan fingerprint density at radius 1 is 1.24 bits per heavy atom. The van der Waals surface area contributed by atoms with Crippen molar-refractivity contribution in [3.8, 4) is 11.1 Å². The van der Waals surface area contributed by atoms with Gasteiger partial charge < -0.3 is 9.72 Å². The Hall–Kier alpha value is -2.62. The summed E-state index contributed by atoms with van der Waals surface area (Å²) in [6, 6.07) is 11.9. The first-order chi connectivity index (χ1) is 10.2. The van der Waals surface area contributed by atoms with Crippen LogP contribution in [0.4, 0.5) is 0 Å². The van der Waals surface area contributed by atoms with Crippen LogP contribution in [0.5, 0.6) is 0 Å². The fraction of sp³-hybridized carbons (Fsp3) is 0.176. The highest BCUT2D eigenvalue weighted by atomic mass is 16.5. The van der Waals surface area contributed by atoms with E-state index in [-0.39, 0.29) is 5.97 Å². The number of hydrogen-bond acceptors (Lipinski definition) is 3. The molecule has 0 unspecified atom stereocenters. The average Bonchev–Trinajstić information content (AvgIpc) is 2.96. The number of carbonyl (C=O) groups is 1. The van der Waals surface area contributed by atoms with Crippen LogP contribution in [0, 0.1) is 6.92 Å². The molecule has 1 N–H and O–H groups in total. The zero-order chi connectivity index (χ0) is 14.8. The molecule has 2 heterocycles. The van der Waals surface area contributed by atoms with Crippen molar-refractivity contribution in [2.75, 3.05) is 6.61 Å². The van der Waals surface area contributed by atoms with E-state index in [1.54, 1.807) is 13.1 Å². The zero-order valence-electron chi connectivity index (χ0n) is 12.0. The molecule has 3 aromatic rings. The largest absolute Gasteiger partial charge is 0.461 e. The lowest BCUT2D eigenvalue weighted by Crippen LogP contribution is -2.06. The maximum atomic E-state index is 11.9. The van der Waals surface area contributed by atoms with Gasteiger partial charge in [-0.1, -0.05) is 12.1 Å². The number of hydrogen-bond donors (Lipinski definition) is 1. The van der Waals surface area contributed by atoms with Gasteiger partial charge in [0.25, 0.3) is 0 Å². The molecule has 2 aromatic heterocycles. The SMILES string of the molecule is CCOC(=O)c1[nH]ccc1-c1ccc2nc(C)ccc2c1. The van der Waals surface area contributed by atoms with Crippen molar-refractivity contribution >= 4 is 16.9 Å². The Labute approximate surface area is 122 Å². The lowest BCUT2D eigenvalue weighted by Gasteiger charge is -2.06. The smallest absolute Gasteiger partial charge is 0.355 e. The van der Waals surface area contributed by atoms with Gasteiger partial charge in [-0.3, -0.25) is 4.98 Å². The van der Waals surface area contributed by atoms with Crippen LogP contribution in [0.1, 0.15) is 23.1 Å². The number of ether oxygens (including phenoxy) is 1. The predicted molar refractivity (Wildman–Crippen MR) is 82.2 cm³/mol. The van der Waals surface area contributed by atoms with Gasteiger partial charge in [-0.2, -0.15) is 0 Å². The molecule has 0 spiro atoms. The molecule has 4 heteroatoms. The van der Waals surface area contributed by atoms with Crippen molar-refractivity contribution in [3.05, 3.63) is 54.0 Å². The molecule has 0 atom stereocenters. The lowest BCUT2D eigenvalue weighted by molar-refractivity contribution is 0.0521. The highest BCUT2D eigenvalue weighted by molar-refractivity contribution is 5.97. The number of pyridine rings is 1. The number of aryl methyl sites for hydroxylation is 1. The van der Waals surface area contributed by atoms with Gasteiger partial charge in [0.15, 0.2) is 0 Å². The molecule has 0 bridgehead atoms. The Kier molecular flexibility index (Phi) is 3.44. The van der Waals surface area contributed by atoms with Crippen LogP contribution >= 0.6 is 0 Å². The molecule has 21 heavy (non-hydrogen) atoms.